The number of unbranched alkanes of at least 4 members (excludes halogenated alkanes) is 1. The molecule has 0 aliphatic heterocycles. The van der Waals surface area contributed by atoms with E-state index in [1.165, 1.54) is 0 Å². The van der Waals surface area contributed by atoms with Crippen LogP contribution in [0.15, 0.2) is 0 Å². The highest BCUT2D eigenvalue weighted by Crippen LogP contribution is 1.93. The summed E-state index contributed by atoms with van der Waals surface area (Å²) in [5.74, 6) is 0.188. The number of amides is 1. The van der Waals surface area contributed by atoms with Crippen LogP contribution in [0.5, 0.6) is 0 Å². The zero-order valence-electron chi connectivity index (χ0n) is 11.8. The first-order chi connectivity index (χ1) is 8.11. The van der Waals surface area contributed by atoms with E-state index in [0.29, 0.717) is 12.6 Å². The molecule has 0 aromatic carbocycles. The van der Waals surface area contributed by atoms with Crippen molar-refractivity contribution >= 4 is 5.91 Å². The minimum absolute atomic E-state index is 0.188. The fourth-order valence-corrected chi connectivity index (χ4v) is 1.55. The SMILES string of the molecule is CCN(CC)C(=O)CNCCCCOC(C)C. The average molecular weight is 244 g/mol. The Kier molecular flexibility index (Phi) is 10.2. The maximum Gasteiger partial charge on any atom is 0.236 e. The number of nitrogens with one attached hydrogen (secondary N) is 1. The van der Waals surface area contributed by atoms with Crippen molar-refractivity contribution in [2.45, 2.75) is 46.6 Å². The Morgan fingerprint density at radius 1 is 1.24 bits per heavy atom. The summed E-state index contributed by atoms with van der Waals surface area (Å²) >= 11 is 0. The first kappa shape index (κ1) is 16.4. The van der Waals surface area contributed by atoms with Crippen LogP contribution in [0.25, 0.3) is 0 Å². The summed E-state index contributed by atoms with van der Waals surface area (Å²) in [7, 11) is 0. The minimum Gasteiger partial charge on any atom is -0.379 e. The third kappa shape index (κ3) is 9.12. The van der Waals surface area contributed by atoms with Crippen molar-refractivity contribution in [3.05, 3.63) is 0 Å². The van der Waals surface area contributed by atoms with Crippen molar-refractivity contribution in [3.8, 4) is 0 Å². The number of carbonyl (C=O) groups excluding carboxylic acids is 1. The largest absolute Gasteiger partial charge is 0.379 e. The van der Waals surface area contributed by atoms with Gasteiger partial charge in [0.25, 0.3) is 0 Å². The Morgan fingerprint density at radius 3 is 2.41 bits per heavy atom. The van der Waals surface area contributed by atoms with Gasteiger partial charge in [0.15, 0.2) is 0 Å². The smallest absolute Gasteiger partial charge is 0.236 e. The summed E-state index contributed by atoms with van der Waals surface area (Å²) < 4.78 is 5.44. The van der Waals surface area contributed by atoms with Crippen LogP contribution in [0.3, 0.4) is 0 Å². The third-order valence-corrected chi connectivity index (χ3v) is 2.59. The van der Waals surface area contributed by atoms with E-state index in [1.807, 2.05) is 32.6 Å². The molecule has 0 fully saturated rings. The normalized spacial score (nSPS) is 10.9. The second-order valence-electron chi connectivity index (χ2n) is 4.37. The molecular formula is C13H28N2O2. The van der Waals surface area contributed by atoms with Gasteiger partial charge in [-0.05, 0) is 47.1 Å². The van der Waals surface area contributed by atoms with Gasteiger partial charge in [-0.1, -0.05) is 0 Å². The van der Waals surface area contributed by atoms with Gasteiger partial charge in [0.1, 0.15) is 0 Å². The topological polar surface area (TPSA) is 41.6 Å². The van der Waals surface area contributed by atoms with Crippen LogP contribution < -0.4 is 5.32 Å². The maximum absolute atomic E-state index is 11.6. The Morgan fingerprint density at radius 2 is 1.88 bits per heavy atom. The van der Waals surface area contributed by atoms with Gasteiger partial charge >= 0.3 is 0 Å². The molecule has 0 bridgehead atoms. The lowest BCUT2D eigenvalue weighted by atomic mass is 10.3. The van der Waals surface area contributed by atoms with Crippen LogP contribution >= 0.6 is 0 Å². The highest BCUT2D eigenvalue weighted by Gasteiger charge is 2.07. The molecule has 0 aromatic heterocycles. The molecule has 1 amide bonds. The number of ether oxygens (including phenoxy) is 1. The lowest BCUT2D eigenvalue weighted by Gasteiger charge is -2.18. The number of carbonyl (C=O) groups is 1. The van der Waals surface area contributed by atoms with Crippen molar-refractivity contribution < 1.29 is 9.53 Å². The van der Waals surface area contributed by atoms with Crippen LogP contribution in [-0.2, 0) is 9.53 Å². The molecule has 0 radical (unpaired) electrons. The number of hydrogen-bond donors (Lipinski definition) is 1. The van der Waals surface area contributed by atoms with Gasteiger partial charge in [-0.2, -0.15) is 0 Å². The summed E-state index contributed by atoms with van der Waals surface area (Å²) in [6, 6.07) is 0. The summed E-state index contributed by atoms with van der Waals surface area (Å²) in [5.41, 5.74) is 0. The van der Waals surface area contributed by atoms with E-state index in [4.69, 9.17) is 4.74 Å². The Balaban J connectivity index is 3.36. The molecular weight excluding hydrogens is 216 g/mol. The second-order valence-corrected chi connectivity index (χ2v) is 4.37. The zero-order chi connectivity index (χ0) is 13.1. The molecule has 4 nitrogen and oxygen atoms in total. The van der Waals surface area contributed by atoms with E-state index in [0.717, 1.165) is 39.1 Å². The minimum atomic E-state index is 0.188. The molecule has 4 heteroatoms. The molecule has 0 rings (SSSR count). The second kappa shape index (κ2) is 10.5. The summed E-state index contributed by atoms with van der Waals surface area (Å²) in [5, 5.41) is 3.18. The monoisotopic (exact) mass is 244 g/mol. The summed E-state index contributed by atoms with van der Waals surface area (Å²) in [6.45, 7) is 11.8. The van der Waals surface area contributed by atoms with Crippen LogP contribution in [0.4, 0.5) is 0 Å². The quantitative estimate of drug-likeness (QED) is 0.594. The van der Waals surface area contributed by atoms with Crippen molar-refractivity contribution in [2.24, 2.45) is 0 Å². The molecule has 0 aliphatic rings. The standard InChI is InChI=1S/C13H28N2O2/c1-5-15(6-2)13(16)11-14-9-7-8-10-17-12(3)4/h12,14H,5-11H2,1-4H3. The zero-order valence-corrected chi connectivity index (χ0v) is 11.8. The molecule has 0 atom stereocenters. The van der Waals surface area contributed by atoms with E-state index in [1.54, 1.807) is 0 Å². The van der Waals surface area contributed by atoms with Gasteiger partial charge in [-0.15, -0.1) is 0 Å². The predicted octanol–water partition coefficient (Wildman–Crippen LogP) is 1.65. The summed E-state index contributed by atoms with van der Waals surface area (Å²) in [6.07, 6.45) is 2.41. The van der Waals surface area contributed by atoms with E-state index in [-0.39, 0.29) is 5.91 Å². The summed E-state index contributed by atoms with van der Waals surface area (Å²) in [4.78, 5) is 13.5. The van der Waals surface area contributed by atoms with Gasteiger partial charge < -0.3 is 15.0 Å². The van der Waals surface area contributed by atoms with Crippen molar-refractivity contribution in [1.82, 2.24) is 10.2 Å². The molecule has 0 aliphatic carbocycles. The number of hydrogen-bond acceptors (Lipinski definition) is 3. The lowest BCUT2D eigenvalue weighted by Crippen LogP contribution is -2.38. The van der Waals surface area contributed by atoms with Crippen molar-refractivity contribution in [3.63, 3.8) is 0 Å². The molecule has 0 heterocycles. The third-order valence-electron chi connectivity index (χ3n) is 2.59. The Hall–Kier alpha value is -0.610. The molecule has 0 spiro atoms. The van der Waals surface area contributed by atoms with E-state index >= 15 is 0 Å². The molecule has 1 N–H and O–H groups in total. The van der Waals surface area contributed by atoms with Crippen molar-refractivity contribution in [2.75, 3.05) is 32.8 Å². The highest BCUT2D eigenvalue weighted by atomic mass is 16.5. The highest BCUT2D eigenvalue weighted by molar-refractivity contribution is 5.78. The number of rotatable bonds is 10. The van der Waals surface area contributed by atoms with Crippen LogP contribution in [0.1, 0.15) is 40.5 Å². The van der Waals surface area contributed by atoms with Crippen LogP contribution in [0.2, 0.25) is 0 Å². The molecule has 17 heavy (non-hydrogen) atoms. The van der Waals surface area contributed by atoms with Crippen LogP contribution in [0, 0.1) is 0 Å². The fraction of sp³-hybridized carbons (Fsp3) is 0.923. The molecule has 0 saturated heterocycles. The lowest BCUT2D eigenvalue weighted by molar-refractivity contribution is -0.129. The number of nitrogens with zero attached hydrogens (tertiary/aromatic N) is 1. The van der Waals surface area contributed by atoms with Gasteiger partial charge in [0.2, 0.25) is 5.91 Å². The molecule has 0 saturated carbocycles. The Labute approximate surface area is 106 Å². The molecule has 0 aromatic rings. The van der Waals surface area contributed by atoms with Crippen molar-refractivity contribution in [1.29, 1.82) is 0 Å². The maximum atomic E-state index is 11.6. The predicted molar refractivity (Wildman–Crippen MR) is 71.1 cm³/mol. The molecule has 102 valence electrons. The van der Waals surface area contributed by atoms with Gasteiger partial charge in [0.05, 0.1) is 12.6 Å². The van der Waals surface area contributed by atoms with E-state index in [9.17, 15) is 4.79 Å². The van der Waals surface area contributed by atoms with Gasteiger partial charge in [-0.3, -0.25) is 4.79 Å². The average Bonchev–Trinajstić information content (AvgIpc) is 2.29. The molecule has 0 unspecified atom stereocenters. The number of likely N-dealkylation sites (N-methyl/N-ethyl adjacent to an activating group) is 1. The fourth-order valence-electron chi connectivity index (χ4n) is 1.55. The van der Waals surface area contributed by atoms with Gasteiger partial charge in [-0.25, -0.2) is 0 Å². The first-order valence-electron chi connectivity index (χ1n) is 6.71. The van der Waals surface area contributed by atoms with E-state index < -0.39 is 0 Å². The van der Waals surface area contributed by atoms with Crippen LogP contribution in [-0.4, -0.2) is 49.7 Å². The first-order valence-corrected chi connectivity index (χ1v) is 6.71. The van der Waals surface area contributed by atoms with E-state index in [2.05, 4.69) is 5.32 Å². The van der Waals surface area contributed by atoms with Gasteiger partial charge in [0, 0.05) is 19.7 Å². The Bertz CT molecular complexity index is 192.